The van der Waals surface area contributed by atoms with Gasteiger partial charge in [-0.25, -0.2) is 0 Å². The molecule has 7 heteroatoms. The van der Waals surface area contributed by atoms with E-state index in [1.165, 1.54) is 7.11 Å². The highest BCUT2D eigenvalue weighted by molar-refractivity contribution is 6.42. The molecular weight excluding hydrogens is 315 g/mol. The van der Waals surface area contributed by atoms with E-state index in [-0.39, 0.29) is 24.8 Å². The standard InChI is InChI=1S/C14H18Cl2N2O3/c1-3-18(7-6-14(20)21-2)9-13(19)17-10-4-5-11(15)12(16)8-10/h4-5,8H,3,6-7,9H2,1-2H3,(H,17,19). The molecule has 0 atom stereocenters. The number of carbonyl (C=O) groups is 2. The highest BCUT2D eigenvalue weighted by Gasteiger charge is 2.12. The van der Waals surface area contributed by atoms with E-state index in [1.54, 1.807) is 18.2 Å². The fourth-order valence-corrected chi connectivity index (χ4v) is 1.98. The molecule has 116 valence electrons. The van der Waals surface area contributed by atoms with Crippen LogP contribution in [0.5, 0.6) is 0 Å². The Kier molecular flexibility index (Phi) is 7.50. The van der Waals surface area contributed by atoms with Crippen molar-refractivity contribution in [3.8, 4) is 0 Å². The molecule has 0 heterocycles. The van der Waals surface area contributed by atoms with Gasteiger partial charge in [0.25, 0.3) is 0 Å². The van der Waals surface area contributed by atoms with Crippen LogP contribution in [0.4, 0.5) is 5.69 Å². The lowest BCUT2D eigenvalue weighted by Crippen LogP contribution is -2.34. The lowest BCUT2D eigenvalue weighted by atomic mass is 10.3. The highest BCUT2D eigenvalue weighted by atomic mass is 35.5. The minimum Gasteiger partial charge on any atom is -0.469 e. The van der Waals surface area contributed by atoms with Crippen LogP contribution in [0.3, 0.4) is 0 Å². The van der Waals surface area contributed by atoms with Crippen LogP contribution < -0.4 is 5.32 Å². The van der Waals surface area contributed by atoms with E-state index in [4.69, 9.17) is 23.2 Å². The second kappa shape index (κ2) is 8.87. The molecule has 0 fully saturated rings. The summed E-state index contributed by atoms with van der Waals surface area (Å²) in [4.78, 5) is 24.9. The summed E-state index contributed by atoms with van der Waals surface area (Å²) in [6.07, 6.45) is 0.254. The minimum absolute atomic E-state index is 0.180. The first-order valence-electron chi connectivity index (χ1n) is 6.50. The molecule has 1 rings (SSSR count). The zero-order valence-electron chi connectivity index (χ0n) is 12.0. The summed E-state index contributed by atoms with van der Waals surface area (Å²) in [5.74, 6) is -0.474. The number of carbonyl (C=O) groups excluding carboxylic acids is 2. The molecule has 0 bridgehead atoms. The van der Waals surface area contributed by atoms with E-state index in [0.717, 1.165) is 0 Å². The molecule has 0 saturated carbocycles. The third-order valence-electron chi connectivity index (χ3n) is 2.88. The summed E-state index contributed by atoms with van der Waals surface area (Å²) in [6, 6.07) is 4.89. The zero-order valence-corrected chi connectivity index (χ0v) is 13.5. The van der Waals surface area contributed by atoms with Gasteiger partial charge in [-0.1, -0.05) is 30.1 Å². The van der Waals surface area contributed by atoms with Crippen LogP contribution in [-0.2, 0) is 14.3 Å². The van der Waals surface area contributed by atoms with Crippen molar-refractivity contribution in [3.05, 3.63) is 28.2 Å². The summed E-state index contributed by atoms with van der Waals surface area (Å²) >= 11 is 11.7. The molecule has 1 aromatic carbocycles. The van der Waals surface area contributed by atoms with Gasteiger partial charge >= 0.3 is 5.97 Å². The molecule has 0 aromatic heterocycles. The number of nitrogens with one attached hydrogen (secondary N) is 1. The van der Waals surface area contributed by atoms with Gasteiger partial charge in [-0.3, -0.25) is 14.5 Å². The van der Waals surface area contributed by atoms with Crippen molar-refractivity contribution in [2.45, 2.75) is 13.3 Å². The summed E-state index contributed by atoms with van der Waals surface area (Å²) in [7, 11) is 1.34. The predicted molar refractivity (Wildman–Crippen MR) is 83.8 cm³/mol. The van der Waals surface area contributed by atoms with Crippen LogP contribution in [0.2, 0.25) is 10.0 Å². The molecule has 1 amide bonds. The van der Waals surface area contributed by atoms with Gasteiger partial charge < -0.3 is 10.1 Å². The number of amides is 1. The molecule has 0 aliphatic carbocycles. The molecule has 0 spiro atoms. The average molecular weight is 333 g/mol. The first-order valence-corrected chi connectivity index (χ1v) is 7.26. The number of hydrogen-bond acceptors (Lipinski definition) is 4. The molecule has 0 unspecified atom stereocenters. The summed E-state index contributed by atoms with van der Waals surface area (Å²) in [5, 5.41) is 3.55. The Labute approximate surface area is 134 Å². The molecule has 0 saturated heterocycles. The van der Waals surface area contributed by atoms with Crippen LogP contribution >= 0.6 is 23.2 Å². The minimum atomic E-state index is -0.293. The Balaban J connectivity index is 2.50. The highest BCUT2D eigenvalue weighted by Crippen LogP contribution is 2.24. The van der Waals surface area contributed by atoms with Crippen molar-refractivity contribution >= 4 is 40.8 Å². The Morgan fingerprint density at radius 1 is 1.29 bits per heavy atom. The molecule has 0 aliphatic heterocycles. The Morgan fingerprint density at radius 2 is 2.00 bits per heavy atom. The number of nitrogens with zero attached hydrogens (tertiary/aromatic N) is 1. The summed E-state index contributed by atoms with van der Waals surface area (Å²) < 4.78 is 4.58. The molecule has 0 aliphatic rings. The van der Waals surface area contributed by atoms with E-state index in [1.807, 2.05) is 11.8 Å². The molecule has 5 nitrogen and oxygen atoms in total. The number of ether oxygens (including phenoxy) is 1. The number of methoxy groups -OCH3 is 1. The lowest BCUT2D eigenvalue weighted by molar-refractivity contribution is -0.141. The first-order chi connectivity index (χ1) is 9.96. The van der Waals surface area contributed by atoms with E-state index in [0.29, 0.717) is 28.8 Å². The first kappa shape index (κ1) is 17.8. The normalized spacial score (nSPS) is 10.5. The van der Waals surface area contributed by atoms with Gasteiger partial charge in [0.05, 0.1) is 30.1 Å². The van der Waals surface area contributed by atoms with Gasteiger partial charge in [-0.2, -0.15) is 0 Å². The Morgan fingerprint density at radius 3 is 2.57 bits per heavy atom. The Hall–Kier alpha value is -1.30. The largest absolute Gasteiger partial charge is 0.469 e. The number of esters is 1. The molecule has 21 heavy (non-hydrogen) atoms. The van der Waals surface area contributed by atoms with E-state index in [9.17, 15) is 9.59 Å². The van der Waals surface area contributed by atoms with Crippen molar-refractivity contribution < 1.29 is 14.3 Å². The predicted octanol–water partition coefficient (Wildman–Crippen LogP) is 2.82. The fraction of sp³-hybridized carbons (Fsp3) is 0.429. The summed E-state index contributed by atoms with van der Waals surface area (Å²) in [6.45, 7) is 3.24. The topological polar surface area (TPSA) is 58.6 Å². The number of halogens is 2. The van der Waals surface area contributed by atoms with E-state index in [2.05, 4.69) is 10.1 Å². The molecular formula is C14H18Cl2N2O3. The molecule has 0 radical (unpaired) electrons. The third-order valence-corrected chi connectivity index (χ3v) is 3.62. The second-order valence-corrected chi connectivity index (χ2v) is 5.19. The smallest absolute Gasteiger partial charge is 0.306 e. The third kappa shape index (κ3) is 6.33. The van der Waals surface area contributed by atoms with E-state index < -0.39 is 0 Å². The maximum atomic E-state index is 11.9. The van der Waals surface area contributed by atoms with Gasteiger partial charge in [0.2, 0.25) is 5.91 Å². The number of hydrogen-bond donors (Lipinski definition) is 1. The van der Waals surface area contributed by atoms with Gasteiger partial charge in [-0.05, 0) is 24.7 Å². The fourth-order valence-electron chi connectivity index (χ4n) is 1.68. The van der Waals surface area contributed by atoms with Crippen LogP contribution in [0.15, 0.2) is 18.2 Å². The van der Waals surface area contributed by atoms with Crippen molar-refractivity contribution in [1.82, 2.24) is 4.90 Å². The van der Waals surface area contributed by atoms with Crippen molar-refractivity contribution in [2.24, 2.45) is 0 Å². The maximum absolute atomic E-state index is 11.9. The molecule has 1 N–H and O–H groups in total. The number of likely N-dealkylation sites (N-methyl/N-ethyl adjacent to an activating group) is 1. The van der Waals surface area contributed by atoms with Crippen LogP contribution in [0.25, 0.3) is 0 Å². The average Bonchev–Trinajstić information content (AvgIpc) is 2.46. The van der Waals surface area contributed by atoms with Gasteiger partial charge in [0.15, 0.2) is 0 Å². The second-order valence-electron chi connectivity index (χ2n) is 4.37. The number of benzene rings is 1. The molecule has 1 aromatic rings. The van der Waals surface area contributed by atoms with Crippen LogP contribution in [0.1, 0.15) is 13.3 Å². The van der Waals surface area contributed by atoms with Gasteiger partial charge in [0, 0.05) is 12.2 Å². The maximum Gasteiger partial charge on any atom is 0.306 e. The monoisotopic (exact) mass is 332 g/mol. The van der Waals surface area contributed by atoms with Crippen LogP contribution in [0, 0.1) is 0 Å². The van der Waals surface area contributed by atoms with Crippen molar-refractivity contribution in [1.29, 1.82) is 0 Å². The van der Waals surface area contributed by atoms with Crippen molar-refractivity contribution in [3.63, 3.8) is 0 Å². The van der Waals surface area contributed by atoms with Crippen LogP contribution in [-0.4, -0.2) is 43.5 Å². The Bertz CT molecular complexity index is 509. The zero-order chi connectivity index (χ0) is 15.8. The van der Waals surface area contributed by atoms with Gasteiger partial charge in [-0.15, -0.1) is 0 Å². The van der Waals surface area contributed by atoms with Gasteiger partial charge in [0.1, 0.15) is 0 Å². The SMILES string of the molecule is CCN(CCC(=O)OC)CC(=O)Nc1ccc(Cl)c(Cl)c1. The quantitative estimate of drug-likeness (QED) is 0.780. The summed E-state index contributed by atoms with van der Waals surface area (Å²) in [5.41, 5.74) is 0.582. The lowest BCUT2D eigenvalue weighted by Gasteiger charge is -2.19. The number of anilines is 1. The van der Waals surface area contributed by atoms with Crippen molar-refractivity contribution in [2.75, 3.05) is 32.1 Å². The number of rotatable bonds is 7. The van der Waals surface area contributed by atoms with E-state index >= 15 is 0 Å².